The number of hydrogen-bond acceptors (Lipinski definition) is 6. The molecule has 0 bridgehead atoms. The maximum Gasteiger partial charge on any atom is 0.328 e. The Morgan fingerprint density at radius 3 is 2.58 bits per heavy atom. The summed E-state index contributed by atoms with van der Waals surface area (Å²) in [7, 11) is 1.30. The number of methoxy groups -OCH3 is 1. The van der Waals surface area contributed by atoms with Crippen LogP contribution in [0.5, 0.6) is 0 Å². The maximum atomic E-state index is 12.3. The number of nitrogens with one attached hydrogen (secondary N) is 1. The zero-order valence-corrected chi connectivity index (χ0v) is 14.4. The molecule has 3 N–H and O–H groups in total. The number of rotatable bonds is 7. The van der Waals surface area contributed by atoms with Crippen LogP contribution >= 0.6 is 11.8 Å². The summed E-state index contributed by atoms with van der Waals surface area (Å²) >= 11 is 1.59. The minimum absolute atomic E-state index is 0.139. The lowest BCUT2D eigenvalue weighted by atomic mass is 10.1. The standard InChI is InChI=1S/C17H20N2O4S/c1-22-17(21)13(9-10-24-2)19-16(20)15-8-7-14(23-15)11-3-5-12(18)6-4-11/h3-8,13H,9-10,18H2,1-2H3,(H,19,20). The quantitative estimate of drug-likeness (QED) is 0.590. The van der Waals surface area contributed by atoms with Gasteiger partial charge in [0.15, 0.2) is 5.76 Å². The highest BCUT2D eigenvalue weighted by Gasteiger charge is 2.23. The van der Waals surface area contributed by atoms with Crippen molar-refractivity contribution in [2.45, 2.75) is 12.5 Å². The summed E-state index contributed by atoms with van der Waals surface area (Å²) in [5.74, 6) is 0.504. The van der Waals surface area contributed by atoms with Crippen molar-refractivity contribution < 1.29 is 18.7 Å². The van der Waals surface area contributed by atoms with Gasteiger partial charge in [-0.2, -0.15) is 11.8 Å². The summed E-state index contributed by atoms with van der Waals surface area (Å²) in [6.07, 6.45) is 2.42. The van der Waals surface area contributed by atoms with Crippen LogP contribution in [-0.2, 0) is 9.53 Å². The lowest BCUT2D eigenvalue weighted by Crippen LogP contribution is -2.41. The monoisotopic (exact) mass is 348 g/mol. The Bertz CT molecular complexity index is 697. The van der Waals surface area contributed by atoms with Gasteiger partial charge in [-0.1, -0.05) is 0 Å². The molecule has 2 aromatic rings. The highest BCUT2D eigenvalue weighted by molar-refractivity contribution is 7.98. The molecule has 1 heterocycles. The fourth-order valence-corrected chi connectivity index (χ4v) is 2.59. The fourth-order valence-electron chi connectivity index (χ4n) is 2.12. The number of thioether (sulfide) groups is 1. The number of hydrogen-bond donors (Lipinski definition) is 2. The number of ether oxygens (including phenoxy) is 1. The molecule has 1 amide bonds. The van der Waals surface area contributed by atoms with Crippen LogP contribution in [0, 0.1) is 0 Å². The highest BCUT2D eigenvalue weighted by atomic mass is 32.2. The lowest BCUT2D eigenvalue weighted by molar-refractivity contribution is -0.142. The molecule has 1 aromatic carbocycles. The average Bonchev–Trinajstić information content (AvgIpc) is 3.08. The first-order valence-electron chi connectivity index (χ1n) is 7.38. The van der Waals surface area contributed by atoms with Crippen LogP contribution in [0.1, 0.15) is 17.0 Å². The molecule has 0 spiro atoms. The molecule has 0 aliphatic heterocycles. The van der Waals surface area contributed by atoms with Crippen LogP contribution in [0.3, 0.4) is 0 Å². The number of furan rings is 1. The van der Waals surface area contributed by atoms with E-state index in [2.05, 4.69) is 5.32 Å². The molecule has 1 atom stereocenters. The van der Waals surface area contributed by atoms with E-state index >= 15 is 0 Å². The minimum atomic E-state index is -0.694. The second-order valence-corrected chi connectivity index (χ2v) is 6.10. The molecule has 0 aliphatic carbocycles. The molecule has 7 heteroatoms. The van der Waals surface area contributed by atoms with E-state index in [1.807, 2.05) is 18.4 Å². The van der Waals surface area contributed by atoms with E-state index < -0.39 is 17.9 Å². The predicted molar refractivity (Wildman–Crippen MR) is 94.8 cm³/mol. The summed E-state index contributed by atoms with van der Waals surface area (Å²) in [5, 5.41) is 2.65. The molecule has 0 radical (unpaired) electrons. The third kappa shape index (κ3) is 4.55. The SMILES string of the molecule is COC(=O)C(CCSC)NC(=O)c1ccc(-c2ccc(N)cc2)o1. The molecule has 2 rings (SSSR count). The first-order valence-corrected chi connectivity index (χ1v) is 8.78. The number of esters is 1. The summed E-state index contributed by atoms with van der Waals surface area (Å²) < 4.78 is 10.3. The van der Waals surface area contributed by atoms with Crippen LogP contribution in [0.4, 0.5) is 5.69 Å². The first kappa shape index (κ1) is 17.9. The summed E-state index contributed by atoms with van der Waals surface area (Å²) in [6, 6.07) is 9.72. The fraction of sp³-hybridized carbons (Fsp3) is 0.294. The smallest absolute Gasteiger partial charge is 0.328 e. The zero-order chi connectivity index (χ0) is 17.5. The van der Waals surface area contributed by atoms with E-state index in [1.54, 1.807) is 36.0 Å². The Morgan fingerprint density at radius 2 is 1.96 bits per heavy atom. The van der Waals surface area contributed by atoms with Crippen molar-refractivity contribution in [3.8, 4) is 11.3 Å². The number of anilines is 1. The number of nitrogen functional groups attached to an aromatic ring is 1. The molecule has 6 nitrogen and oxygen atoms in total. The van der Waals surface area contributed by atoms with Crippen molar-refractivity contribution in [1.29, 1.82) is 0 Å². The van der Waals surface area contributed by atoms with Gasteiger partial charge >= 0.3 is 5.97 Å². The van der Waals surface area contributed by atoms with Gasteiger partial charge in [0.25, 0.3) is 5.91 Å². The van der Waals surface area contributed by atoms with Gasteiger partial charge in [-0.25, -0.2) is 4.79 Å². The number of amides is 1. The topological polar surface area (TPSA) is 94.6 Å². The van der Waals surface area contributed by atoms with Gasteiger partial charge < -0.3 is 20.2 Å². The Balaban J connectivity index is 2.09. The molecule has 0 saturated heterocycles. The van der Waals surface area contributed by atoms with Crippen LogP contribution < -0.4 is 11.1 Å². The Kier molecular flexibility index (Phi) is 6.31. The van der Waals surface area contributed by atoms with Crippen LogP contribution in [0.15, 0.2) is 40.8 Å². The van der Waals surface area contributed by atoms with E-state index in [1.165, 1.54) is 7.11 Å². The van der Waals surface area contributed by atoms with E-state index in [-0.39, 0.29) is 5.76 Å². The van der Waals surface area contributed by atoms with Crippen LogP contribution in [0.2, 0.25) is 0 Å². The summed E-state index contributed by atoms with van der Waals surface area (Å²) in [4.78, 5) is 24.1. The average molecular weight is 348 g/mol. The molecular formula is C17H20N2O4S. The molecule has 0 saturated carbocycles. The lowest BCUT2D eigenvalue weighted by Gasteiger charge is -2.15. The molecule has 128 valence electrons. The largest absolute Gasteiger partial charge is 0.467 e. The number of nitrogens with two attached hydrogens (primary N) is 1. The molecule has 24 heavy (non-hydrogen) atoms. The zero-order valence-electron chi connectivity index (χ0n) is 13.6. The maximum absolute atomic E-state index is 12.3. The third-order valence-corrected chi connectivity index (χ3v) is 4.07. The number of benzene rings is 1. The third-order valence-electron chi connectivity index (χ3n) is 3.43. The second-order valence-electron chi connectivity index (χ2n) is 5.12. The molecule has 0 fully saturated rings. The van der Waals surface area contributed by atoms with E-state index in [4.69, 9.17) is 14.9 Å². The van der Waals surface area contributed by atoms with E-state index in [0.717, 1.165) is 11.3 Å². The van der Waals surface area contributed by atoms with Gasteiger partial charge in [0.2, 0.25) is 0 Å². The van der Waals surface area contributed by atoms with Crippen LogP contribution in [-0.4, -0.2) is 37.0 Å². The highest BCUT2D eigenvalue weighted by Crippen LogP contribution is 2.23. The minimum Gasteiger partial charge on any atom is -0.467 e. The van der Waals surface area contributed by atoms with Crippen molar-refractivity contribution in [3.05, 3.63) is 42.2 Å². The van der Waals surface area contributed by atoms with Crippen molar-refractivity contribution in [1.82, 2.24) is 5.32 Å². The van der Waals surface area contributed by atoms with E-state index in [0.29, 0.717) is 17.9 Å². The molecule has 0 aliphatic rings. The predicted octanol–water partition coefficient (Wildman–Crippen LogP) is 2.55. The van der Waals surface area contributed by atoms with Crippen LogP contribution in [0.25, 0.3) is 11.3 Å². The second kappa shape index (κ2) is 8.44. The molecule has 1 aromatic heterocycles. The van der Waals surface area contributed by atoms with Crippen molar-refractivity contribution in [2.75, 3.05) is 24.9 Å². The normalized spacial score (nSPS) is 11.8. The summed E-state index contributed by atoms with van der Waals surface area (Å²) in [5.41, 5.74) is 7.12. The van der Waals surface area contributed by atoms with Gasteiger partial charge in [0.05, 0.1) is 7.11 Å². The Morgan fingerprint density at radius 1 is 1.25 bits per heavy atom. The summed E-state index contributed by atoms with van der Waals surface area (Å²) in [6.45, 7) is 0. The Hall–Kier alpha value is -2.41. The molecule has 1 unspecified atom stereocenters. The van der Waals surface area contributed by atoms with Crippen molar-refractivity contribution in [3.63, 3.8) is 0 Å². The van der Waals surface area contributed by atoms with E-state index in [9.17, 15) is 9.59 Å². The van der Waals surface area contributed by atoms with Crippen molar-refractivity contribution in [2.24, 2.45) is 0 Å². The van der Waals surface area contributed by atoms with Gasteiger partial charge in [-0.15, -0.1) is 0 Å². The molecular weight excluding hydrogens is 328 g/mol. The Labute approximate surface area is 144 Å². The van der Waals surface area contributed by atoms with Gasteiger partial charge in [-0.05, 0) is 54.8 Å². The number of carbonyl (C=O) groups is 2. The van der Waals surface area contributed by atoms with Gasteiger partial charge in [0.1, 0.15) is 11.8 Å². The van der Waals surface area contributed by atoms with Gasteiger partial charge in [0, 0.05) is 11.3 Å². The number of carbonyl (C=O) groups excluding carboxylic acids is 2. The van der Waals surface area contributed by atoms with Crippen molar-refractivity contribution >= 4 is 29.3 Å². The van der Waals surface area contributed by atoms with Gasteiger partial charge in [-0.3, -0.25) is 4.79 Å². The first-order chi connectivity index (χ1) is 11.5.